The van der Waals surface area contributed by atoms with Crippen LogP contribution in [0, 0.1) is 0 Å². The van der Waals surface area contributed by atoms with Crippen molar-refractivity contribution in [1.29, 1.82) is 0 Å². The van der Waals surface area contributed by atoms with Crippen LogP contribution in [0.4, 0.5) is 10.6 Å². The number of amides is 3. The molecule has 4 heterocycles. The lowest BCUT2D eigenvalue weighted by molar-refractivity contribution is -0.132. The van der Waals surface area contributed by atoms with Crippen LogP contribution < -0.4 is 4.90 Å². The molecule has 180 valence electrons. The standard InChI is InChI=1S/C25H24ClN5O4/c1-2-5-21(32)29-12-14-30(15-13-29)25(34)35-24-18-7-4-3-6-17(18)23(33)31(24)20-11-9-16-8-10-19(26)27-22(16)28-20/h3-4,6-11,24H,2,5,12-15H2,1H3. The molecule has 5 rings (SSSR count). The molecule has 10 heteroatoms. The number of aromatic nitrogens is 2. The summed E-state index contributed by atoms with van der Waals surface area (Å²) >= 11 is 6.03. The molecule has 3 aromatic rings. The summed E-state index contributed by atoms with van der Waals surface area (Å²) in [6, 6.07) is 14.0. The summed E-state index contributed by atoms with van der Waals surface area (Å²) in [5.74, 6) is 0.0848. The molecule has 35 heavy (non-hydrogen) atoms. The van der Waals surface area contributed by atoms with Crippen molar-refractivity contribution >= 4 is 46.4 Å². The predicted molar refractivity (Wildman–Crippen MR) is 130 cm³/mol. The first kappa shape index (κ1) is 23.0. The molecule has 0 aliphatic carbocycles. The molecule has 0 spiro atoms. The lowest BCUT2D eigenvalue weighted by atomic mass is 10.1. The lowest BCUT2D eigenvalue weighted by Crippen LogP contribution is -2.51. The fraction of sp³-hybridized carbons (Fsp3) is 0.320. The van der Waals surface area contributed by atoms with E-state index >= 15 is 0 Å². The number of benzene rings is 1. The Hall–Kier alpha value is -3.72. The van der Waals surface area contributed by atoms with Crippen molar-refractivity contribution in [3.05, 3.63) is 64.8 Å². The Kier molecular flexibility index (Phi) is 6.25. The fourth-order valence-electron chi connectivity index (χ4n) is 4.40. The van der Waals surface area contributed by atoms with Crippen molar-refractivity contribution in [1.82, 2.24) is 19.8 Å². The van der Waals surface area contributed by atoms with E-state index in [1.54, 1.807) is 58.3 Å². The molecule has 2 aromatic heterocycles. The SMILES string of the molecule is CCCC(=O)N1CCN(C(=O)OC2c3ccccc3C(=O)N2c2ccc3ccc(Cl)nc3n2)CC1. The second-order valence-electron chi connectivity index (χ2n) is 8.47. The number of pyridine rings is 2. The van der Waals surface area contributed by atoms with Crippen molar-refractivity contribution in [2.45, 2.75) is 26.0 Å². The van der Waals surface area contributed by atoms with Crippen LogP contribution in [0.3, 0.4) is 0 Å². The zero-order valence-corrected chi connectivity index (χ0v) is 19.9. The Morgan fingerprint density at radius 2 is 1.71 bits per heavy atom. The molecule has 1 unspecified atom stereocenters. The first-order valence-electron chi connectivity index (χ1n) is 11.6. The van der Waals surface area contributed by atoms with Crippen LogP contribution >= 0.6 is 11.6 Å². The van der Waals surface area contributed by atoms with E-state index in [0.29, 0.717) is 55.2 Å². The van der Waals surface area contributed by atoms with Gasteiger partial charge >= 0.3 is 6.09 Å². The molecule has 0 radical (unpaired) electrons. The maximum atomic E-state index is 13.3. The van der Waals surface area contributed by atoms with Gasteiger partial charge in [-0.15, -0.1) is 0 Å². The smallest absolute Gasteiger partial charge is 0.412 e. The molecule has 1 fully saturated rings. The molecule has 2 aliphatic rings. The first-order chi connectivity index (χ1) is 17.0. The van der Waals surface area contributed by atoms with Crippen molar-refractivity contribution in [3.8, 4) is 0 Å². The molecule has 1 atom stereocenters. The minimum absolute atomic E-state index is 0.0955. The zero-order valence-electron chi connectivity index (χ0n) is 19.2. The number of ether oxygens (including phenoxy) is 1. The Morgan fingerprint density at radius 3 is 2.49 bits per heavy atom. The third-order valence-electron chi connectivity index (χ3n) is 6.23. The second kappa shape index (κ2) is 9.50. The van der Waals surface area contributed by atoms with E-state index in [2.05, 4.69) is 9.97 Å². The summed E-state index contributed by atoms with van der Waals surface area (Å²) in [5, 5.41) is 1.06. The van der Waals surface area contributed by atoms with Gasteiger partial charge in [0.2, 0.25) is 12.1 Å². The largest absolute Gasteiger partial charge is 0.420 e. The van der Waals surface area contributed by atoms with Gasteiger partial charge in [-0.05, 0) is 36.8 Å². The summed E-state index contributed by atoms with van der Waals surface area (Å²) in [6.45, 7) is 3.61. The average Bonchev–Trinajstić information content (AvgIpc) is 3.15. The Bertz CT molecular complexity index is 1310. The van der Waals surface area contributed by atoms with Crippen LogP contribution in [0.15, 0.2) is 48.5 Å². The van der Waals surface area contributed by atoms with Crippen LogP contribution in [0.1, 0.15) is 41.9 Å². The van der Waals surface area contributed by atoms with Gasteiger partial charge in [0, 0.05) is 49.1 Å². The molecule has 0 N–H and O–H groups in total. The van der Waals surface area contributed by atoms with Gasteiger partial charge in [-0.1, -0.05) is 36.7 Å². The molecule has 1 saturated heterocycles. The third kappa shape index (κ3) is 4.39. The van der Waals surface area contributed by atoms with Crippen molar-refractivity contribution < 1.29 is 19.1 Å². The van der Waals surface area contributed by atoms with Gasteiger partial charge in [0.05, 0.1) is 0 Å². The Balaban J connectivity index is 1.40. The van der Waals surface area contributed by atoms with Gasteiger partial charge in [0.15, 0.2) is 5.65 Å². The van der Waals surface area contributed by atoms with E-state index in [1.165, 1.54) is 4.90 Å². The number of anilines is 1. The molecule has 0 bridgehead atoms. The van der Waals surface area contributed by atoms with E-state index in [1.807, 2.05) is 6.92 Å². The van der Waals surface area contributed by atoms with Gasteiger partial charge in [-0.2, -0.15) is 0 Å². The minimum Gasteiger partial charge on any atom is -0.420 e. The van der Waals surface area contributed by atoms with Crippen LogP contribution in [0.5, 0.6) is 0 Å². The molecule has 2 aliphatic heterocycles. The highest BCUT2D eigenvalue weighted by Crippen LogP contribution is 2.38. The predicted octanol–water partition coefficient (Wildman–Crippen LogP) is 4.02. The summed E-state index contributed by atoms with van der Waals surface area (Å²) < 4.78 is 5.90. The topological polar surface area (TPSA) is 95.9 Å². The van der Waals surface area contributed by atoms with E-state index in [0.717, 1.165) is 11.8 Å². The fourth-order valence-corrected chi connectivity index (χ4v) is 4.55. The van der Waals surface area contributed by atoms with Gasteiger partial charge in [-0.3, -0.25) is 14.5 Å². The van der Waals surface area contributed by atoms with Gasteiger partial charge in [0.25, 0.3) is 5.91 Å². The van der Waals surface area contributed by atoms with Crippen molar-refractivity contribution in [2.75, 3.05) is 31.1 Å². The highest BCUT2D eigenvalue weighted by molar-refractivity contribution is 6.29. The molecular formula is C25H24ClN5O4. The third-order valence-corrected chi connectivity index (χ3v) is 6.44. The summed E-state index contributed by atoms with van der Waals surface area (Å²) in [5.41, 5.74) is 1.42. The molecule has 3 amide bonds. The van der Waals surface area contributed by atoms with Gasteiger partial charge in [0.1, 0.15) is 11.0 Å². The Labute approximate surface area is 207 Å². The molecule has 1 aromatic carbocycles. The highest BCUT2D eigenvalue weighted by Gasteiger charge is 2.42. The number of rotatable bonds is 4. The average molecular weight is 494 g/mol. The van der Waals surface area contributed by atoms with Crippen molar-refractivity contribution in [2.24, 2.45) is 0 Å². The zero-order chi connectivity index (χ0) is 24.5. The quantitative estimate of drug-likeness (QED) is 0.509. The molecular weight excluding hydrogens is 470 g/mol. The number of carbonyl (C=O) groups is 3. The summed E-state index contributed by atoms with van der Waals surface area (Å²) in [6.07, 6.45) is -0.236. The number of carbonyl (C=O) groups excluding carboxylic acids is 3. The molecule has 9 nitrogen and oxygen atoms in total. The summed E-state index contributed by atoms with van der Waals surface area (Å²) in [4.78, 5) is 52.1. The van der Waals surface area contributed by atoms with E-state index in [4.69, 9.17) is 16.3 Å². The number of hydrogen-bond donors (Lipinski definition) is 0. The van der Waals surface area contributed by atoms with Crippen LogP contribution in [-0.2, 0) is 9.53 Å². The lowest BCUT2D eigenvalue weighted by Gasteiger charge is -2.35. The Morgan fingerprint density at radius 1 is 1.00 bits per heavy atom. The summed E-state index contributed by atoms with van der Waals surface area (Å²) in [7, 11) is 0. The van der Waals surface area contributed by atoms with Crippen LogP contribution in [-0.4, -0.2) is 63.9 Å². The number of halogens is 1. The number of hydrogen-bond acceptors (Lipinski definition) is 6. The maximum Gasteiger partial charge on any atom is 0.412 e. The van der Waals surface area contributed by atoms with Crippen LogP contribution in [0.25, 0.3) is 11.0 Å². The second-order valence-corrected chi connectivity index (χ2v) is 8.85. The maximum absolute atomic E-state index is 13.3. The normalized spacial score (nSPS) is 17.6. The van der Waals surface area contributed by atoms with E-state index in [9.17, 15) is 14.4 Å². The van der Waals surface area contributed by atoms with E-state index in [-0.39, 0.29) is 17.0 Å². The number of nitrogens with zero attached hydrogens (tertiary/aromatic N) is 5. The molecule has 0 saturated carbocycles. The first-order valence-corrected chi connectivity index (χ1v) is 11.9. The highest BCUT2D eigenvalue weighted by atomic mass is 35.5. The number of piperazine rings is 1. The van der Waals surface area contributed by atoms with E-state index < -0.39 is 12.3 Å². The minimum atomic E-state index is -0.977. The van der Waals surface area contributed by atoms with Gasteiger partial charge < -0.3 is 14.5 Å². The van der Waals surface area contributed by atoms with Gasteiger partial charge in [-0.25, -0.2) is 14.8 Å². The van der Waals surface area contributed by atoms with Crippen molar-refractivity contribution in [3.63, 3.8) is 0 Å². The van der Waals surface area contributed by atoms with Crippen LogP contribution in [0.2, 0.25) is 5.15 Å². The number of fused-ring (bicyclic) bond motifs is 2. The monoisotopic (exact) mass is 493 g/mol.